The molecular weight excluding hydrogens is 374 g/mol. The number of nitrogens with two attached hydrogens (primary N) is 1. The first-order chi connectivity index (χ1) is 14.5. The topological polar surface area (TPSA) is 74.1 Å². The first-order valence-corrected chi connectivity index (χ1v) is 10.4. The van der Waals surface area contributed by atoms with Crippen molar-refractivity contribution in [1.29, 1.82) is 0 Å². The molecule has 0 radical (unpaired) electrons. The number of benzene rings is 1. The quantitative estimate of drug-likeness (QED) is 0.695. The molecule has 0 unspecified atom stereocenters. The van der Waals surface area contributed by atoms with Gasteiger partial charge in [0.25, 0.3) is 5.56 Å². The molecule has 0 bridgehead atoms. The molecule has 2 aromatic heterocycles. The van der Waals surface area contributed by atoms with Crippen LogP contribution >= 0.6 is 0 Å². The fourth-order valence-corrected chi connectivity index (χ4v) is 4.33. The molecule has 3 aromatic rings. The summed E-state index contributed by atoms with van der Waals surface area (Å²) in [6, 6.07) is 9.90. The summed E-state index contributed by atoms with van der Waals surface area (Å²) >= 11 is 0. The minimum Gasteiger partial charge on any atom is -0.437 e. The molecule has 5 nitrogen and oxygen atoms in total. The molecule has 1 fully saturated rings. The van der Waals surface area contributed by atoms with E-state index in [-0.39, 0.29) is 11.1 Å². The number of aryl methyl sites for hydroxylation is 1. The lowest BCUT2D eigenvalue weighted by molar-refractivity contribution is 0.304. The second-order valence-electron chi connectivity index (χ2n) is 8.27. The normalized spacial score (nSPS) is 18.0. The van der Waals surface area contributed by atoms with Crippen LogP contribution in [0.1, 0.15) is 37.3 Å². The van der Waals surface area contributed by atoms with E-state index in [0.717, 1.165) is 36.0 Å². The van der Waals surface area contributed by atoms with Crippen molar-refractivity contribution in [1.82, 2.24) is 9.55 Å². The number of rotatable bonds is 3. The summed E-state index contributed by atoms with van der Waals surface area (Å²) < 4.78 is 7.80. The molecule has 0 aliphatic heterocycles. The molecule has 5 heteroatoms. The molecule has 1 saturated carbocycles. The SMILES string of the molecule is Cc1nc2oc(C3=CCC=C(C4(N)CCC4)C=C3)c(-c3ccccc3)c2c(=O)n1C. The van der Waals surface area contributed by atoms with Crippen LogP contribution in [0.15, 0.2) is 69.4 Å². The van der Waals surface area contributed by atoms with Crippen LogP contribution in [0.25, 0.3) is 27.8 Å². The molecule has 5 rings (SSSR count). The number of nitrogens with zero attached hydrogens (tertiary/aromatic N) is 2. The van der Waals surface area contributed by atoms with Crippen LogP contribution in [0, 0.1) is 6.92 Å². The van der Waals surface area contributed by atoms with E-state index in [4.69, 9.17) is 10.2 Å². The summed E-state index contributed by atoms with van der Waals surface area (Å²) in [5.74, 6) is 1.30. The molecule has 0 atom stereocenters. The maximum Gasteiger partial charge on any atom is 0.265 e. The first kappa shape index (κ1) is 18.8. The van der Waals surface area contributed by atoms with E-state index in [1.165, 1.54) is 12.0 Å². The third-order valence-electron chi connectivity index (χ3n) is 6.42. The average molecular weight is 399 g/mol. The van der Waals surface area contributed by atoms with Crippen LogP contribution in [-0.4, -0.2) is 15.1 Å². The van der Waals surface area contributed by atoms with Gasteiger partial charge in [0.15, 0.2) is 0 Å². The average Bonchev–Trinajstić information content (AvgIpc) is 2.93. The van der Waals surface area contributed by atoms with Crippen molar-refractivity contribution in [3.63, 3.8) is 0 Å². The van der Waals surface area contributed by atoms with E-state index in [0.29, 0.717) is 22.7 Å². The summed E-state index contributed by atoms with van der Waals surface area (Å²) in [4.78, 5) is 17.7. The third-order valence-corrected chi connectivity index (χ3v) is 6.42. The number of hydrogen-bond donors (Lipinski definition) is 1. The van der Waals surface area contributed by atoms with Gasteiger partial charge >= 0.3 is 0 Å². The van der Waals surface area contributed by atoms with Crippen LogP contribution in [0.3, 0.4) is 0 Å². The highest BCUT2D eigenvalue weighted by Crippen LogP contribution is 2.40. The molecule has 0 spiro atoms. The van der Waals surface area contributed by atoms with E-state index in [2.05, 4.69) is 29.3 Å². The van der Waals surface area contributed by atoms with Gasteiger partial charge in [-0.1, -0.05) is 54.6 Å². The molecule has 2 N–H and O–H groups in total. The Bertz CT molecular complexity index is 1290. The van der Waals surface area contributed by atoms with Crippen LogP contribution in [0.2, 0.25) is 0 Å². The lowest BCUT2D eigenvalue weighted by Crippen LogP contribution is -2.47. The van der Waals surface area contributed by atoms with E-state index < -0.39 is 0 Å². The number of furan rings is 1. The Morgan fingerprint density at radius 2 is 1.90 bits per heavy atom. The summed E-state index contributed by atoms with van der Waals surface area (Å²) in [6.07, 6.45) is 12.5. The Morgan fingerprint density at radius 3 is 2.60 bits per heavy atom. The van der Waals surface area contributed by atoms with Crippen LogP contribution in [-0.2, 0) is 7.05 Å². The predicted octanol–water partition coefficient (Wildman–Crippen LogP) is 4.65. The van der Waals surface area contributed by atoms with Crippen molar-refractivity contribution in [2.45, 2.75) is 38.1 Å². The lowest BCUT2D eigenvalue weighted by atomic mass is 9.72. The van der Waals surface area contributed by atoms with Crippen LogP contribution in [0.4, 0.5) is 0 Å². The van der Waals surface area contributed by atoms with Gasteiger partial charge in [-0.25, -0.2) is 0 Å². The summed E-state index contributed by atoms with van der Waals surface area (Å²) in [7, 11) is 1.74. The molecule has 0 saturated heterocycles. The van der Waals surface area contributed by atoms with Crippen LogP contribution < -0.4 is 11.3 Å². The Kier molecular flexibility index (Phi) is 4.36. The predicted molar refractivity (Wildman–Crippen MR) is 120 cm³/mol. The van der Waals surface area contributed by atoms with Gasteiger partial charge in [0, 0.05) is 23.7 Å². The zero-order valence-corrected chi connectivity index (χ0v) is 17.3. The Hall–Kier alpha value is -3.18. The van der Waals surface area contributed by atoms with Crippen molar-refractivity contribution >= 4 is 16.7 Å². The Labute approximate surface area is 175 Å². The van der Waals surface area contributed by atoms with Gasteiger partial charge in [-0.2, -0.15) is 4.98 Å². The Balaban J connectivity index is 1.70. The third kappa shape index (κ3) is 2.89. The van der Waals surface area contributed by atoms with Gasteiger partial charge in [-0.3, -0.25) is 9.36 Å². The van der Waals surface area contributed by atoms with E-state index in [1.807, 2.05) is 37.3 Å². The zero-order chi connectivity index (χ0) is 20.9. The number of aromatic nitrogens is 2. The Morgan fingerprint density at radius 1 is 1.13 bits per heavy atom. The van der Waals surface area contributed by atoms with Crippen molar-refractivity contribution in [2.24, 2.45) is 12.8 Å². The summed E-state index contributed by atoms with van der Waals surface area (Å²) in [6.45, 7) is 1.81. The highest BCUT2D eigenvalue weighted by molar-refractivity contribution is 5.99. The van der Waals surface area contributed by atoms with Gasteiger partial charge in [-0.05, 0) is 43.7 Å². The molecule has 152 valence electrons. The lowest BCUT2D eigenvalue weighted by Gasteiger charge is -2.39. The first-order valence-electron chi connectivity index (χ1n) is 10.4. The summed E-state index contributed by atoms with van der Waals surface area (Å²) in [5, 5.41) is 0.519. The molecule has 1 aromatic carbocycles. The van der Waals surface area contributed by atoms with E-state index >= 15 is 0 Å². The van der Waals surface area contributed by atoms with Crippen LogP contribution in [0.5, 0.6) is 0 Å². The zero-order valence-electron chi connectivity index (χ0n) is 17.3. The van der Waals surface area contributed by atoms with Crippen molar-refractivity contribution < 1.29 is 4.42 Å². The summed E-state index contributed by atoms with van der Waals surface area (Å²) in [5.41, 5.74) is 10.5. The maximum atomic E-state index is 13.1. The smallest absolute Gasteiger partial charge is 0.265 e. The molecule has 0 amide bonds. The molecule has 2 heterocycles. The molecule has 30 heavy (non-hydrogen) atoms. The van der Waals surface area contributed by atoms with Crippen molar-refractivity contribution in [3.05, 3.63) is 82.1 Å². The van der Waals surface area contributed by atoms with E-state index in [1.54, 1.807) is 11.6 Å². The highest BCUT2D eigenvalue weighted by Gasteiger charge is 2.35. The standard InChI is InChI=1S/C25H25N3O2/c1-16-27-23-21(24(29)28(16)2)20(17-8-4-3-5-9-17)22(30-23)18-10-6-11-19(13-12-18)25(26)14-7-15-25/h3-5,8-13H,6-7,14-15,26H2,1-2H3. The maximum absolute atomic E-state index is 13.1. The van der Waals surface area contributed by atoms with Crippen molar-refractivity contribution in [2.75, 3.05) is 0 Å². The van der Waals surface area contributed by atoms with E-state index in [9.17, 15) is 4.79 Å². The van der Waals surface area contributed by atoms with Gasteiger partial charge in [0.1, 0.15) is 17.0 Å². The number of fused-ring (bicyclic) bond motifs is 1. The largest absolute Gasteiger partial charge is 0.437 e. The van der Waals surface area contributed by atoms with Gasteiger partial charge in [-0.15, -0.1) is 0 Å². The van der Waals surface area contributed by atoms with Crippen molar-refractivity contribution in [3.8, 4) is 11.1 Å². The minimum absolute atomic E-state index is 0.0984. The fraction of sp³-hybridized carbons (Fsp3) is 0.280. The van der Waals surface area contributed by atoms with Gasteiger partial charge in [0.05, 0.1) is 0 Å². The monoisotopic (exact) mass is 399 g/mol. The second-order valence-corrected chi connectivity index (χ2v) is 8.27. The molecule has 2 aliphatic carbocycles. The molecular formula is C25H25N3O2. The second kappa shape index (κ2) is 6.96. The fourth-order valence-electron chi connectivity index (χ4n) is 4.33. The van der Waals surface area contributed by atoms with Gasteiger partial charge < -0.3 is 10.2 Å². The minimum atomic E-state index is -0.204. The van der Waals surface area contributed by atoms with Gasteiger partial charge in [0.2, 0.25) is 5.71 Å². The molecule has 2 aliphatic rings. The number of allylic oxidation sites excluding steroid dienone is 4. The highest BCUT2D eigenvalue weighted by atomic mass is 16.3. The number of hydrogen-bond acceptors (Lipinski definition) is 4.